The molecule has 134 valence electrons. The molecule has 0 unspecified atom stereocenters. The maximum atomic E-state index is 12.9. The minimum atomic E-state index is -0.213. The first-order valence-electron chi connectivity index (χ1n) is 8.71. The molecule has 2 aromatic heterocycles. The van der Waals surface area contributed by atoms with Gasteiger partial charge in [0.1, 0.15) is 5.76 Å². The number of nitrogens with zero attached hydrogens (tertiary/aromatic N) is 3. The van der Waals surface area contributed by atoms with Crippen LogP contribution in [0.1, 0.15) is 40.7 Å². The number of aromatic nitrogens is 2. The van der Waals surface area contributed by atoms with Crippen molar-refractivity contribution in [1.82, 2.24) is 15.0 Å². The van der Waals surface area contributed by atoms with E-state index in [4.69, 9.17) is 4.52 Å². The summed E-state index contributed by atoms with van der Waals surface area (Å²) in [7, 11) is 1.84. The van der Waals surface area contributed by atoms with Gasteiger partial charge in [0.2, 0.25) is 5.91 Å². The van der Waals surface area contributed by atoms with Crippen molar-refractivity contribution in [2.75, 3.05) is 7.05 Å². The van der Waals surface area contributed by atoms with Gasteiger partial charge in [-0.2, -0.15) is 0 Å². The van der Waals surface area contributed by atoms with Gasteiger partial charge in [-0.25, -0.2) is 0 Å². The highest BCUT2D eigenvalue weighted by molar-refractivity contribution is 5.77. The van der Waals surface area contributed by atoms with Crippen molar-refractivity contribution in [3.63, 3.8) is 0 Å². The number of pyridine rings is 1. The summed E-state index contributed by atoms with van der Waals surface area (Å²) in [5, 5.41) is 3.96. The van der Waals surface area contributed by atoms with Crippen LogP contribution in [0.3, 0.4) is 0 Å². The molecular weight excluding hydrogens is 326 g/mol. The molecular formula is C21H23N3O2. The van der Waals surface area contributed by atoms with Crippen LogP contribution in [-0.4, -0.2) is 28.0 Å². The molecule has 0 bridgehead atoms. The molecule has 26 heavy (non-hydrogen) atoms. The van der Waals surface area contributed by atoms with Crippen molar-refractivity contribution in [2.45, 2.75) is 32.7 Å². The van der Waals surface area contributed by atoms with Crippen molar-refractivity contribution in [3.05, 3.63) is 83.0 Å². The maximum Gasteiger partial charge on any atom is 0.223 e. The first-order valence-corrected chi connectivity index (χ1v) is 8.71. The second-order valence-electron chi connectivity index (χ2n) is 6.38. The Labute approximate surface area is 153 Å². The molecule has 2 heterocycles. The van der Waals surface area contributed by atoms with Gasteiger partial charge in [0.15, 0.2) is 0 Å². The zero-order valence-electron chi connectivity index (χ0n) is 15.3. The van der Waals surface area contributed by atoms with E-state index in [2.05, 4.69) is 10.1 Å². The Kier molecular flexibility index (Phi) is 5.46. The second-order valence-corrected chi connectivity index (χ2v) is 6.38. The fraction of sp³-hybridized carbons (Fsp3) is 0.286. The quantitative estimate of drug-likeness (QED) is 0.678. The Morgan fingerprint density at radius 2 is 1.85 bits per heavy atom. The van der Waals surface area contributed by atoms with Crippen LogP contribution in [-0.2, 0) is 11.2 Å². The van der Waals surface area contributed by atoms with Gasteiger partial charge in [-0.3, -0.25) is 9.78 Å². The molecule has 5 nitrogen and oxygen atoms in total. The predicted molar refractivity (Wildman–Crippen MR) is 99.6 cm³/mol. The zero-order valence-corrected chi connectivity index (χ0v) is 15.3. The van der Waals surface area contributed by atoms with Crippen molar-refractivity contribution in [2.24, 2.45) is 0 Å². The summed E-state index contributed by atoms with van der Waals surface area (Å²) in [5.41, 5.74) is 3.76. The minimum Gasteiger partial charge on any atom is -0.361 e. The van der Waals surface area contributed by atoms with E-state index in [9.17, 15) is 4.79 Å². The standard InChI is InChI=1S/C21H23N3O2/c1-15-18(16(2)26-23-15)12-13-20(25)24(3)21(17-9-5-4-6-10-17)19-11-7-8-14-22-19/h4-11,14,21H,12-13H2,1-3H3/t21-/m0/s1. The molecule has 0 N–H and O–H groups in total. The lowest BCUT2D eigenvalue weighted by Gasteiger charge is -2.28. The van der Waals surface area contributed by atoms with Gasteiger partial charge in [-0.1, -0.05) is 41.6 Å². The molecule has 0 radical (unpaired) electrons. The van der Waals surface area contributed by atoms with Crippen LogP contribution in [0.25, 0.3) is 0 Å². The molecule has 1 amide bonds. The number of amides is 1. The van der Waals surface area contributed by atoms with Crippen molar-refractivity contribution in [3.8, 4) is 0 Å². The summed E-state index contributed by atoms with van der Waals surface area (Å²) in [6, 6.07) is 15.5. The molecule has 0 aliphatic heterocycles. The molecule has 1 atom stereocenters. The van der Waals surface area contributed by atoms with Gasteiger partial charge < -0.3 is 9.42 Å². The Morgan fingerprint density at radius 1 is 1.12 bits per heavy atom. The smallest absolute Gasteiger partial charge is 0.223 e. The monoisotopic (exact) mass is 349 g/mol. The Balaban J connectivity index is 1.81. The van der Waals surface area contributed by atoms with Crippen LogP contribution >= 0.6 is 0 Å². The van der Waals surface area contributed by atoms with Crippen molar-refractivity contribution >= 4 is 5.91 Å². The topological polar surface area (TPSA) is 59.2 Å². The van der Waals surface area contributed by atoms with Crippen molar-refractivity contribution < 1.29 is 9.32 Å². The summed E-state index contributed by atoms with van der Waals surface area (Å²) >= 11 is 0. The molecule has 0 aliphatic rings. The minimum absolute atomic E-state index is 0.0597. The van der Waals surface area contributed by atoms with Crippen LogP contribution in [0.4, 0.5) is 0 Å². The molecule has 3 rings (SSSR count). The number of carbonyl (C=O) groups is 1. The number of carbonyl (C=O) groups excluding carboxylic acids is 1. The van der Waals surface area contributed by atoms with Crippen LogP contribution in [0.15, 0.2) is 59.3 Å². The summed E-state index contributed by atoms with van der Waals surface area (Å²) in [6.45, 7) is 3.78. The molecule has 5 heteroatoms. The summed E-state index contributed by atoms with van der Waals surface area (Å²) < 4.78 is 5.19. The van der Waals surface area contributed by atoms with Gasteiger partial charge in [-0.15, -0.1) is 0 Å². The Morgan fingerprint density at radius 3 is 2.46 bits per heavy atom. The SMILES string of the molecule is Cc1noc(C)c1CCC(=O)N(C)[C@@H](c1ccccc1)c1ccccn1. The molecule has 0 saturated heterocycles. The van der Waals surface area contributed by atoms with Crippen molar-refractivity contribution in [1.29, 1.82) is 0 Å². The lowest BCUT2D eigenvalue weighted by Crippen LogP contribution is -2.32. The second kappa shape index (κ2) is 7.95. The fourth-order valence-corrected chi connectivity index (χ4v) is 3.18. The lowest BCUT2D eigenvalue weighted by atomic mass is 10.0. The number of rotatable bonds is 6. The third-order valence-electron chi connectivity index (χ3n) is 4.63. The summed E-state index contributed by atoms with van der Waals surface area (Å²) in [5.74, 6) is 0.840. The zero-order chi connectivity index (χ0) is 18.5. The highest BCUT2D eigenvalue weighted by Crippen LogP contribution is 2.27. The Hall–Kier alpha value is -2.95. The van der Waals surface area contributed by atoms with Gasteiger partial charge in [-0.05, 0) is 38.0 Å². The first kappa shape index (κ1) is 17.9. The molecule has 0 aliphatic carbocycles. The van der Waals surface area contributed by atoms with Gasteiger partial charge in [0.05, 0.1) is 17.4 Å². The van der Waals surface area contributed by atoms with Gasteiger partial charge >= 0.3 is 0 Å². The molecule has 0 fully saturated rings. The average molecular weight is 349 g/mol. The molecule has 0 spiro atoms. The number of hydrogen-bond acceptors (Lipinski definition) is 4. The van der Waals surface area contributed by atoms with E-state index in [0.29, 0.717) is 12.8 Å². The van der Waals surface area contributed by atoms with E-state index in [1.165, 1.54) is 0 Å². The normalized spacial score (nSPS) is 12.0. The molecule has 1 aromatic carbocycles. The van der Waals surface area contributed by atoms with E-state index in [0.717, 1.165) is 28.3 Å². The average Bonchev–Trinajstić information content (AvgIpc) is 2.99. The summed E-state index contributed by atoms with van der Waals surface area (Å²) in [4.78, 5) is 19.1. The lowest BCUT2D eigenvalue weighted by molar-refractivity contribution is -0.131. The van der Waals surface area contributed by atoms with Gasteiger partial charge in [0, 0.05) is 25.2 Å². The summed E-state index contributed by atoms with van der Waals surface area (Å²) in [6.07, 6.45) is 2.77. The number of aryl methyl sites for hydroxylation is 2. The van der Waals surface area contributed by atoms with E-state index in [-0.39, 0.29) is 11.9 Å². The third kappa shape index (κ3) is 3.82. The molecule has 0 saturated carbocycles. The first-order chi connectivity index (χ1) is 12.6. The number of hydrogen-bond donors (Lipinski definition) is 0. The van der Waals surface area contributed by atoms with Crippen LogP contribution < -0.4 is 0 Å². The molecule has 3 aromatic rings. The highest BCUT2D eigenvalue weighted by Gasteiger charge is 2.24. The van der Waals surface area contributed by atoms with Crippen LogP contribution in [0.5, 0.6) is 0 Å². The largest absolute Gasteiger partial charge is 0.361 e. The fourth-order valence-electron chi connectivity index (χ4n) is 3.18. The predicted octanol–water partition coefficient (Wildman–Crippen LogP) is 3.87. The van der Waals surface area contributed by atoms with E-state index >= 15 is 0 Å². The van der Waals surface area contributed by atoms with Crippen LogP contribution in [0, 0.1) is 13.8 Å². The highest BCUT2D eigenvalue weighted by atomic mass is 16.5. The van der Waals surface area contributed by atoms with E-state index in [1.54, 1.807) is 11.1 Å². The van der Waals surface area contributed by atoms with E-state index < -0.39 is 0 Å². The Bertz CT molecular complexity index is 800. The third-order valence-corrected chi connectivity index (χ3v) is 4.63. The van der Waals surface area contributed by atoms with Gasteiger partial charge in [0.25, 0.3) is 0 Å². The maximum absolute atomic E-state index is 12.9. The number of benzene rings is 1. The van der Waals surface area contributed by atoms with Crippen LogP contribution in [0.2, 0.25) is 0 Å². The van der Waals surface area contributed by atoms with E-state index in [1.807, 2.05) is 69.4 Å².